The monoisotopic (exact) mass is 312 g/mol. The molecule has 0 bridgehead atoms. The van der Waals surface area contributed by atoms with Crippen LogP contribution < -0.4 is 0 Å². The number of ether oxygens (including phenoxy) is 1. The molecule has 1 atom stereocenters. The third-order valence-corrected chi connectivity index (χ3v) is 3.55. The fourth-order valence-corrected chi connectivity index (χ4v) is 2.59. The van der Waals surface area contributed by atoms with Crippen molar-refractivity contribution in [2.24, 2.45) is 0 Å². The summed E-state index contributed by atoms with van der Waals surface area (Å²) in [5, 5.41) is 10.9. The summed E-state index contributed by atoms with van der Waals surface area (Å²) < 4.78 is 4.67. The van der Waals surface area contributed by atoms with E-state index >= 15 is 0 Å². The average molecular weight is 313 g/mol. The maximum Gasteiger partial charge on any atom is 0.328 e. The molecule has 1 aromatic carbocycles. The second-order valence-corrected chi connectivity index (χ2v) is 5.07. The van der Waals surface area contributed by atoms with Gasteiger partial charge in [0.2, 0.25) is 0 Å². The summed E-state index contributed by atoms with van der Waals surface area (Å²) in [5.74, 6) is -0.953. The summed E-state index contributed by atoms with van der Waals surface area (Å²) in [6, 6.07) is 3.02. The van der Waals surface area contributed by atoms with Crippen LogP contribution in [0.5, 0.6) is 0 Å². The number of hydrogen-bond donors (Lipinski definition) is 0. The number of carbonyl (C=O) groups is 2. The highest BCUT2D eigenvalue weighted by Crippen LogP contribution is 2.25. The smallest absolute Gasteiger partial charge is 0.328 e. The van der Waals surface area contributed by atoms with E-state index in [1.807, 2.05) is 0 Å². The van der Waals surface area contributed by atoms with Crippen molar-refractivity contribution < 1.29 is 19.2 Å². The first kappa shape index (κ1) is 15.2. The SMILES string of the molecule is COC(=O)C1CCCN1C(=O)c1cc(Cl)cc([N+](=O)[O-])c1. The number of non-ortho nitro benzene ring substituents is 1. The topological polar surface area (TPSA) is 89.8 Å². The van der Waals surface area contributed by atoms with Crippen molar-refractivity contribution in [2.75, 3.05) is 13.7 Å². The Morgan fingerprint density at radius 1 is 1.43 bits per heavy atom. The second kappa shape index (κ2) is 6.09. The van der Waals surface area contributed by atoms with E-state index in [4.69, 9.17) is 11.6 Å². The van der Waals surface area contributed by atoms with Crippen molar-refractivity contribution >= 4 is 29.2 Å². The van der Waals surface area contributed by atoms with Gasteiger partial charge in [-0.1, -0.05) is 11.6 Å². The van der Waals surface area contributed by atoms with Crippen molar-refractivity contribution in [3.63, 3.8) is 0 Å². The highest BCUT2D eigenvalue weighted by atomic mass is 35.5. The van der Waals surface area contributed by atoms with E-state index in [1.54, 1.807) is 0 Å². The van der Waals surface area contributed by atoms with Gasteiger partial charge in [-0.05, 0) is 18.9 Å². The van der Waals surface area contributed by atoms with Crippen LogP contribution in [-0.2, 0) is 9.53 Å². The lowest BCUT2D eigenvalue weighted by Crippen LogP contribution is -2.41. The number of benzene rings is 1. The van der Waals surface area contributed by atoms with Crippen LogP contribution in [0.3, 0.4) is 0 Å². The summed E-state index contributed by atoms with van der Waals surface area (Å²) in [6.07, 6.45) is 1.19. The normalized spacial score (nSPS) is 17.6. The highest BCUT2D eigenvalue weighted by molar-refractivity contribution is 6.31. The molecule has 0 N–H and O–H groups in total. The maximum absolute atomic E-state index is 12.4. The van der Waals surface area contributed by atoms with Gasteiger partial charge < -0.3 is 9.64 Å². The van der Waals surface area contributed by atoms with E-state index in [0.29, 0.717) is 19.4 Å². The Kier molecular flexibility index (Phi) is 4.42. The summed E-state index contributed by atoms with van der Waals surface area (Å²) in [5.41, 5.74) is -0.176. The highest BCUT2D eigenvalue weighted by Gasteiger charge is 2.35. The lowest BCUT2D eigenvalue weighted by molar-refractivity contribution is -0.384. The fraction of sp³-hybridized carbons (Fsp3) is 0.385. The third-order valence-electron chi connectivity index (χ3n) is 3.33. The zero-order valence-electron chi connectivity index (χ0n) is 11.2. The number of likely N-dealkylation sites (tertiary alicyclic amines) is 1. The van der Waals surface area contributed by atoms with Crippen molar-refractivity contribution in [1.82, 2.24) is 4.90 Å². The van der Waals surface area contributed by atoms with E-state index in [-0.39, 0.29) is 16.3 Å². The molecule has 1 amide bonds. The van der Waals surface area contributed by atoms with E-state index in [9.17, 15) is 19.7 Å². The van der Waals surface area contributed by atoms with Gasteiger partial charge in [0.25, 0.3) is 11.6 Å². The van der Waals surface area contributed by atoms with Crippen LogP contribution >= 0.6 is 11.6 Å². The maximum atomic E-state index is 12.4. The fourth-order valence-electron chi connectivity index (χ4n) is 2.36. The molecule has 7 nitrogen and oxygen atoms in total. The Bertz CT molecular complexity index is 604. The number of halogens is 1. The van der Waals surface area contributed by atoms with E-state index in [1.165, 1.54) is 24.1 Å². The number of carbonyl (C=O) groups excluding carboxylic acids is 2. The van der Waals surface area contributed by atoms with Crippen LogP contribution in [0.1, 0.15) is 23.2 Å². The molecule has 0 aromatic heterocycles. The molecule has 2 rings (SSSR count). The minimum absolute atomic E-state index is 0.0880. The quantitative estimate of drug-likeness (QED) is 0.484. The summed E-state index contributed by atoms with van der Waals surface area (Å²) in [4.78, 5) is 35.7. The first-order valence-electron chi connectivity index (χ1n) is 6.28. The predicted octanol–water partition coefficient (Wildman–Crippen LogP) is 2.03. The molecule has 8 heteroatoms. The first-order chi connectivity index (χ1) is 9.93. The molecule has 1 aliphatic heterocycles. The molecule has 0 aliphatic carbocycles. The van der Waals surface area contributed by atoms with Gasteiger partial charge >= 0.3 is 5.97 Å². The zero-order chi connectivity index (χ0) is 15.6. The van der Waals surface area contributed by atoms with Gasteiger partial charge in [0.15, 0.2) is 0 Å². The summed E-state index contributed by atoms with van der Waals surface area (Å²) in [6.45, 7) is 0.402. The standard InChI is InChI=1S/C13H13ClN2O5/c1-21-13(18)11-3-2-4-15(11)12(17)8-5-9(14)7-10(6-8)16(19)20/h5-7,11H,2-4H2,1H3. The summed E-state index contributed by atoms with van der Waals surface area (Å²) in [7, 11) is 1.26. The van der Waals surface area contributed by atoms with Gasteiger partial charge in [0.1, 0.15) is 6.04 Å². The Morgan fingerprint density at radius 2 is 2.14 bits per heavy atom. The molecule has 1 saturated heterocycles. The zero-order valence-corrected chi connectivity index (χ0v) is 12.0. The minimum atomic E-state index is -0.652. The largest absolute Gasteiger partial charge is 0.467 e. The number of esters is 1. The van der Waals surface area contributed by atoms with E-state index < -0.39 is 22.8 Å². The molecular weight excluding hydrogens is 300 g/mol. The minimum Gasteiger partial charge on any atom is -0.467 e. The van der Waals surface area contributed by atoms with E-state index in [0.717, 1.165) is 6.07 Å². The molecule has 0 radical (unpaired) electrons. The van der Waals surface area contributed by atoms with Gasteiger partial charge in [-0.2, -0.15) is 0 Å². The molecule has 1 aromatic rings. The lowest BCUT2D eigenvalue weighted by Gasteiger charge is -2.22. The van der Waals surface area contributed by atoms with Crippen LogP contribution in [0.4, 0.5) is 5.69 Å². The Balaban J connectivity index is 2.31. The van der Waals surface area contributed by atoms with Gasteiger partial charge in [0, 0.05) is 29.3 Å². The van der Waals surface area contributed by atoms with Gasteiger partial charge in [-0.15, -0.1) is 0 Å². The second-order valence-electron chi connectivity index (χ2n) is 4.63. The van der Waals surface area contributed by atoms with Crippen molar-refractivity contribution in [3.05, 3.63) is 38.9 Å². The molecule has 1 aliphatic rings. The number of hydrogen-bond acceptors (Lipinski definition) is 5. The Hall–Kier alpha value is -2.15. The molecule has 112 valence electrons. The molecule has 0 spiro atoms. The Morgan fingerprint density at radius 3 is 2.76 bits per heavy atom. The number of nitrogens with zero attached hydrogens (tertiary/aromatic N) is 2. The van der Waals surface area contributed by atoms with Crippen LogP contribution in [0.2, 0.25) is 5.02 Å². The average Bonchev–Trinajstić information content (AvgIpc) is 2.94. The first-order valence-corrected chi connectivity index (χ1v) is 6.65. The van der Waals surface area contributed by atoms with Gasteiger partial charge in [-0.3, -0.25) is 14.9 Å². The number of methoxy groups -OCH3 is 1. The third kappa shape index (κ3) is 3.13. The number of amides is 1. The van der Waals surface area contributed by atoms with Crippen LogP contribution in [0.15, 0.2) is 18.2 Å². The van der Waals surface area contributed by atoms with Gasteiger partial charge in [-0.25, -0.2) is 4.79 Å². The van der Waals surface area contributed by atoms with Crippen LogP contribution in [0.25, 0.3) is 0 Å². The van der Waals surface area contributed by atoms with Crippen molar-refractivity contribution in [1.29, 1.82) is 0 Å². The van der Waals surface area contributed by atoms with Crippen LogP contribution in [-0.4, -0.2) is 41.4 Å². The molecule has 0 saturated carbocycles. The van der Waals surface area contributed by atoms with E-state index in [2.05, 4.69) is 4.74 Å². The van der Waals surface area contributed by atoms with Crippen LogP contribution in [0, 0.1) is 10.1 Å². The van der Waals surface area contributed by atoms with Crippen molar-refractivity contribution in [3.8, 4) is 0 Å². The van der Waals surface area contributed by atoms with Gasteiger partial charge in [0.05, 0.1) is 12.0 Å². The number of nitro benzene ring substituents is 1. The molecule has 1 unspecified atom stereocenters. The number of nitro groups is 1. The predicted molar refractivity (Wildman–Crippen MR) is 74.2 cm³/mol. The molecular formula is C13H13ClN2O5. The summed E-state index contributed by atoms with van der Waals surface area (Å²) >= 11 is 5.80. The number of rotatable bonds is 3. The molecule has 1 fully saturated rings. The lowest BCUT2D eigenvalue weighted by atomic mass is 10.1. The van der Waals surface area contributed by atoms with Crippen molar-refractivity contribution in [2.45, 2.75) is 18.9 Å². The molecule has 1 heterocycles. The Labute approximate surface area is 125 Å². The molecule has 21 heavy (non-hydrogen) atoms.